The zero-order valence-corrected chi connectivity index (χ0v) is 14.2. The van der Waals surface area contributed by atoms with E-state index in [-0.39, 0.29) is 5.92 Å². The second-order valence-electron chi connectivity index (χ2n) is 6.03. The molecule has 1 atom stereocenters. The Balaban J connectivity index is 2.59. The van der Waals surface area contributed by atoms with Gasteiger partial charge in [-0.1, -0.05) is 13.8 Å². The molecule has 1 aromatic carbocycles. The second kappa shape index (κ2) is 7.63. The molecule has 0 aliphatic carbocycles. The molecule has 0 fully saturated rings. The van der Waals surface area contributed by atoms with E-state index in [0.29, 0.717) is 5.56 Å². The number of anilines is 1. The Morgan fingerprint density at radius 2 is 1.87 bits per heavy atom. The molecule has 0 saturated heterocycles. The quantitative estimate of drug-likeness (QED) is 0.811. The van der Waals surface area contributed by atoms with Crippen LogP contribution in [-0.2, 0) is 9.53 Å². The van der Waals surface area contributed by atoms with Gasteiger partial charge in [-0.05, 0) is 37.1 Å². The number of nitrogens with zero attached hydrogens (tertiary/aromatic N) is 2. The Hall–Kier alpha value is -2.55. The van der Waals surface area contributed by atoms with Crippen LogP contribution in [0.2, 0.25) is 0 Å². The van der Waals surface area contributed by atoms with Crippen molar-refractivity contribution >= 4 is 17.6 Å². The van der Waals surface area contributed by atoms with Crippen LogP contribution in [0.5, 0.6) is 0 Å². The first-order valence-electron chi connectivity index (χ1n) is 7.36. The van der Waals surface area contributed by atoms with Gasteiger partial charge in [-0.15, -0.1) is 0 Å². The van der Waals surface area contributed by atoms with Crippen LogP contribution in [0.1, 0.15) is 31.1 Å². The highest BCUT2D eigenvalue weighted by Crippen LogP contribution is 2.15. The molecule has 6 nitrogen and oxygen atoms in total. The molecule has 6 heteroatoms. The first-order chi connectivity index (χ1) is 10.7. The highest BCUT2D eigenvalue weighted by molar-refractivity contribution is 5.91. The van der Waals surface area contributed by atoms with E-state index in [0.717, 1.165) is 5.69 Å². The molecule has 1 N–H and O–H groups in total. The number of rotatable bonds is 6. The van der Waals surface area contributed by atoms with Crippen molar-refractivity contribution in [3.05, 3.63) is 29.8 Å². The lowest BCUT2D eigenvalue weighted by molar-refractivity contribution is -0.125. The zero-order valence-electron chi connectivity index (χ0n) is 14.2. The van der Waals surface area contributed by atoms with Crippen LogP contribution in [0.4, 0.5) is 5.69 Å². The Labute approximate surface area is 137 Å². The zero-order chi connectivity index (χ0) is 17.6. The molecule has 0 aliphatic rings. The van der Waals surface area contributed by atoms with Crippen LogP contribution in [0, 0.1) is 17.2 Å². The van der Waals surface area contributed by atoms with E-state index in [1.54, 1.807) is 31.2 Å². The van der Waals surface area contributed by atoms with Gasteiger partial charge >= 0.3 is 5.97 Å². The Kier molecular flexibility index (Phi) is 6.14. The number of ether oxygens (including phenoxy) is 1. The van der Waals surface area contributed by atoms with Crippen LogP contribution >= 0.6 is 0 Å². The van der Waals surface area contributed by atoms with E-state index in [1.807, 2.05) is 32.8 Å². The third-order valence-corrected chi connectivity index (χ3v) is 3.74. The lowest BCUT2D eigenvalue weighted by atomic mass is 9.90. The van der Waals surface area contributed by atoms with Crippen molar-refractivity contribution in [1.29, 1.82) is 5.26 Å². The summed E-state index contributed by atoms with van der Waals surface area (Å²) >= 11 is 0. The van der Waals surface area contributed by atoms with Gasteiger partial charge in [0.15, 0.2) is 6.61 Å². The van der Waals surface area contributed by atoms with Crippen molar-refractivity contribution in [2.75, 3.05) is 25.6 Å². The molecule has 23 heavy (non-hydrogen) atoms. The van der Waals surface area contributed by atoms with Crippen LogP contribution in [-0.4, -0.2) is 38.1 Å². The van der Waals surface area contributed by atoms with Crippen LogP contribution in [0.3, 0.4) is 0 Å². The van der Waals surface area contributed by atoms with E-state index in [2.05, 4.69) is 11.4 Å². The maximum absolute atomic E-state index is 11.9. The standard InChI is InChI=1S/C17H23N3O3/c1-12(2)17(3,11-18)19-15(21)10-23-16(22)13-6-8-14(9-7-13)20(4)5/h6-9,12H,10H2,1-5H3,(H,19,21)/t17-/m0/s1. The minimum Gasteiger partial charge on any atom is -0.452 e. The fourth-order valence-corrected chi connectivity index (χ4v) is 1.74. The summed E-state index contributed by atoms with van der Waals surface area (Å²) in [5, 5.41) is 11.7. The van der Waals surface area contributed by atoms with Gasteiger partial charge in [-0.25, -0.2) is 4.79 Å². The molecule has 0 aromatic heterocycles. The summed E-state index contributed by atoms with van der Waals surface area (Å²) in [6, 6.07) is 8.94. The van der Waals surface area contributed by atoms with Crippen LogP contribution in [0.25, 0.3) is 0 Å². The number of hydrogen-bond donors (Lipinski definition) is 1. The fourth-order valence-electron chi connectivity index (χ4n) is 1.74. The van der Waals surface area contributed by atoms with Gasteiger partial charge in [-0.3, -0.25) is 4.79 Å². The van der Waals surface area contributed by atoms with Gasteiger partial charge in [0, 0.05) is 19.8 Å². The molecule has 0 unspecified atom stereocenters. The molecule has 124 valence electrons. The molecule has 0 radical (unpaired) electrons. The van der Waals surface area contributed by atoms with Gasteiger partial charge in [0.2, 0.25) is 0 Å². The van der Waals surface area contributed by atoms with E-state index >= 15 is 0 Å². The van der Waals surface area contributed by atoms with Crippen molar-refractivity contribution in [3.63, 3.8) is 0 Å². The predicted molar refractivity (Wildman–Crippen MR) is 88.1 cm³/mol. The second-order valence-corrected chi connectivity index (χ2v) is 6.03. The van der Waals surface area contributed by atoms with Gasteiger partial charge in [0.1, 0.15) is 5.54 Å². The minimum atomic E-state index is -0.989. The largest absolute Gasteiger partial charge is 0.452 e. The fraction of sp³-hybridized carbons (Fsp3) is 0.471. The molecule has 0 heterocycles. The number of hydrogen-bond acceptors (Lipinski definition) is 5. The summed E-state index contributed by atoms with van der Waals surface area (Å²) < 4.78 is 4.99. The van der Waals surface area contributed by atoms with Gasteiger partial charge in [-0.2, -0.15) is 5.26 Å². The topological polar surface area (TPSA) is 82.4 Å². The summed E-state index contributed by atoms with van der Waals surface area (Å²) in [7, 11) is 3.80. The number of nitrogens with one attached hydrogen (secondary N) is 1. The maximum atomic E-state index is 11.9. The average Bonchev–Trinajstić information content (AvgIpc) is 2.52. The first-order valence-corrected chi connectivity index (χ1v) is 7.36. The number of esters is 1. The monoisotopic (exact) mass is 317 g/mol. The van der Waals surface area contributed by atoms with Gasteiger partial charge < -0.3 is 15.0 Å². The Bertz CT molecular complexity index is 603. The molecule has 0 aliphatic heterocycles. The molecule has 1 aromatic rings. The molecule has 1 amide bonds. The first kappa shape index (κ1) is 18.5. The van der Waals surface area contributed by atoms with Crippen molar-refractivity contribution < 1.29 is 14.3 Å². The molecule has 0 spiro atoms. The molecule has 0 bridgehead atoms. The summed E-state index contributed by atoms with van der Waals surface area (Å²) in [4.78, 5) is 25.7. The van der Waals surface area contributed by atoms with Crippen molar-refractivity contribution in [1.82, 2.24) is 5.32 Å². The summed E-state index contributed by atoms with van der Waals surface area (Å²) in [5.41, 5.74) is 0.341. The van der Waals surface area contributed by atoms with E-state index < -0.39 is 24.0 Å². The lowest BCUT2D eigenvalue weighted by Gasteiger charge is -2.27. The summed E-state index contributed by atoms with van der Waals surface area (Å²) in [6.07, 6.45) is 0. The van der Waals surface area contributed by atoms with E-state index in [4.69, 9.17) is 10.00 Å². The maximum Gasteiger partial charge on any atom is 0.338 e. The summed E-state index contributed by atoms with van der Waals surface area (Å²) in [5.74, 6) is -1.14. The average molecular weight is 317 g/mol. The Morgan fingerprint density at radius 3 is 2.30 bits per heavy atom. The molecule has 1 rings (SSSR count). The predicted octanol–water partition coefficient (Wildman–Crippen LogP) is 1.96. The van der Waals surface area contributed by atoms with Gasteiger partial charge in [0.25, 0.3) is 5.91 Å². The van der Waals surface area contributed by atoms with Crippen LogP contribution in [0.15, 0.2) is 24.3 Å². The molecule has 0 saturated carbocycles. The highest BCUT2D eigenvalue weighted by atomic mass is 16.5. The number of carbonyl (C=O) groups is 2. The van der Waals surface area contributed by atoms with Crippen molar-refractivity contribution in [2.45, 2.75) is 26.3 Å². The minimum absolute atomic E-state index is 0.0641. The number of nitriles is 1. The normalized spacial score (nSPS) is 12.9. The SMILES string of the molecule is CC(C)[C@](C)(C#N)NC(=O)COC(=O)c1ccc(N(C)C)cc1. The third-order valence-electron chi connectivity index (χ3n) is 3.74. The summed E-state index contributed by atoms with van der Waals surface area (Å²) in [6.45, 7) is 4.89. The van der Waals surface area contributed by atoms with E-state index in [9.17, 15) is 9.59 Å². The van der Waals surface area contributed by atoms with Crippen molar-refractivity contribution in [3.8, 4) is 6.07 Å². The third kappa shape index (κ3) is 4.99. The van der Waals surface area contributed by atoms with Gasteiger partial charge in [0.05, 0.1) is 11.6 Å². The molecular formula is C17H23N3O3. The number of carbonyl (C=O) groups excluding carboxylic acids is 2. The van der Waals surface area contributed by atoms with E-state index in [1.165, 1.54) is 0 Å². The van der Waals surface area contributed by atoms with Crippen molar-refractivity contribution in [2.24, 2.45) is 5.92 Å². The number of amides is 1. The molecular weight excluding hydrogens is 294 g/mol. The highest BCUT2D eigenvalue weighted by Gasteiger charge is 2.30. The van der Waals surface area contributed by atoms with Crippen LogP contribution < -0.4 is 10.2 Å². The smallest absolute Gasteiger partial charge is 0.338 e. The number of benzene rings is 1. The lowest BCUT2D eigenvalue weighted by Crippen LogP contribution is -2.50. The Morgan fingerprint density at radius 1 is 1.30 bits per heavy atom.